The van der Waals surface area contributed by atoms with E-state index in [9.17, 15) is 0 Å². The van der Waals surface area contributed by atoms with E-state index >= 15 is 0 Å². The molecule has 0 spiro atoms. The van der Waals surface area contributed by atoms with E-state index < -0.39 is 0 Å². The zero-order valence-electron chi connectivity index (χ0n) is 10.6. The lowest BCUT2D eigenvalue weighted by molar-refractivity contribution is 0.863. The molecule has 2 aromatic carbocycles. The molecule has 3 heteroatoms. The largest absolute Gasteiger partial charge is 0.384 e. The van der Waals surface area contributed by atoms with Crippen molar-refractivity contribution in [2.75, 3.05) is 11.9 Å². The maximum atomic E-state index is 9.03. The van der Waals surface area contributed by atoms with Crippen molar-refractivity contribution in [1.82, 2.24) is 0 Å². The predicted molar refractivity (Wildman–Crippen MR) is 79.4 cm³/mol. The van der Waals surface area contributed by atoms with Gasteiger partial charge < -0.3 is 5.32 Å². The molecular formula is C16H15ClN2. The van der Waals surface area contributed by atoms with E-state index in [1.165, 1.54) is 5.56 Å². The van der Waals surface area contributed by atoms with Gasteiger partial charge >= 0.3 is 0 Å². The van der Waals surface area contributed by atoms with Crippen LogP contribution in [-0.4, -0.2) is 6.54 Å². The van der Waals surface area contributed by atoms with Crippen molar-refractivity contribution >= 4 is 17.3 Å². The van der Waals surface area contributed by atoms with Crippen LogP contribution in [0, 0.1) is 11.3 Å². The van der Waals surface area contributed by atoms with E-state index in [1.807, 2.05) is 12.1 Å². The minimum atomic E-state index is 0.589. The highest BCUT2D eigenvalue weighted by Gasteiger charge is 2.02. The summed E-state index contributed by atoms with van der Waals surface area (Å²) in [5.74, 6) is 0. The quantitative estimate of drug-likeness (QED) is 0.824. The Balaban J connectivity index is 1.85. The Kier molecular flexibility index (Phi) is 4.83. The number of benzene rings is 2. The van der Waals surface area contributed by atoms with Crippen LogP contribution in [0.15, 0.2) is 48.5 Å². The lowest BCUT2D eigenvalue weighted by atomic mass is 10.1. The fourth-order valence-corrected chi connectivity index (χ4v) is 2.10. The van der Waals surface area contributed by atoms with Gasteiger partial charge in [-0.2, -0.15) is 5.26 Å². The van der Waals surface area contributed by atoms with Crippen LogP contribution in [0.25, 0.3) is 0 Å². The Morgan fingerprint density at radius 1 is 1.11 bits per heavy atom. The molecule has 0 aliphatic heterocycles. The van der Waals surface area contributed by atoms with Crippen molar-refractivity contribution in [1.29, 1.82) is 5.26 Å². The maximum absolute atomic E-state index is 9.03. The van der Waals surface area contributed by atoms with Crippen LogP contribution in [0.5, 0.6) is 0 Å². The van der Waals surface area contributed by atoms with Crippen LogP contribution in [-0.2, 0) is 6.42 Å². The first-order chi connectivity index (χ1) is 9.29. The molecule has 0 bridgehead atoms. The molecule has 0 atom stereocenters. The monoisotopic (exact) mass is 270 g/mol. The Hall–Kier alpha value is -1.98. The van der Waals surface area contributed by atoms with Crippen LogP contribution >= 0.6 is 11.6 Å². The second kappa shape index (κ2) is 6.82. The lowest BCUT2D eigenvalue weighted by Crippen LogP contribution is -2.04. The Bertz CT molecular complexity index is 573. The Morgan fingerprint density at radius 3 is 2.63 bits per heavy atom. The summed E-state index contributed by atoms with van der Waals surface area (Å²) in [4.78, 5) is 0. The third-order valence-electron chi connectivity index (χ3n) is 2.90. The highest BCUT2D eigenvalue weighted by molar-refractivity contribution is 6.30. The van der Waals surface area contributed by atoms with Crippen molar-refractivity contribution < 1.29 is 0 Å². The van der Waals surface area contributed by atoms with Gasteiger partial charge in [-0.15, -0.1) is 0 Å². The summed E-state index contributed by atoms with van der Waals surface area (Å²) < 4.78 is 0. The van der Waals surface area contributed by atoms with Gasteiger partial charge in [0.1, 0.15) is 6.07 Å². The molecule has 0 unspecified atom stereocenters. The topological polar surface area (TPSA) is 35.8 Å². The molecule has 1 N–H and O–H groups in total. The molecular weight excluding hydrogens is 256 g/mol. The zero-order valence-corrected chi connectivity index (χ0v) is 11.3. The average Bonchev–Trinajstić information content (AvgIpc) is 2.46. The lowest BCUT2D eigenvalue weighted by Gasteiger charge is -2.08. The third-order valence-corrected chi connectivity index (χ3v) is 3.14. The second-order valence-corrected chi connectivity index (χ2v) is 4.75. The van der Waals surface area contributed by atoms with Crippen molar-refractivity contribution in [3.05, 3.63) is 64.7 Å². The Labute approximate surface area is 118 Å². The molecule has 2 aromatic rings. The van der Waals surface area contributed by atoms with E-state index in [2.05, 4.69) is 35.7 Å². The minimum absolute atomic E-state index is 0.589. The molecule has 0 saturated heterocycles. The van der Waals surface area contributed by atoms with Crippen LogP contribution < -0.4 is 5.32 Å². The zero-order chi connectivity index (χ0) is 13.5. The van der Waals surface area contributed by atoms with Crippen LogP contribution in [0.2, 0.25) is 5.02 Å². The smallest absolute Gasteiger partial charge is 0.101 e. The summed E-state index contributed by atoms with van der Waals surface area (Å²) in [7, 11) is 0. The minimum Gasteiger partial charge on any atom is -0.384 e. The number of halogens is 1. The number of rotatable bonds is 5. The van der Waals surface area contributed by atoms with Gasteiger partial charge in [0.05, 0.1) is 11.3 Å². The van der Waals surface area contributed by atoms with Gasteiger partial charge in [-0.3, -0.25) is 0 Å². The number of nitrogens with one attached hydrogen (secondary N) is 1. The number of hydrogen-bond acceptors (Lipinski definition) is 2. The maximum Gasteiger partial charge on any atom is 0.101 e. The first-order valence-electron chi connectivity index (χ1n) is 6.27. The van der Waals surface area contributed by atoms with E-state index in [-0.39, 0.29) is 0 Å². The van der Waals surface area contributed by atoms with E-state index in [0.29, 0.717) is 10.6 Å². The molecule has 19 heavy (non-hydrogen) atoms. The highest BCUT2D eigenvalue weighted by atomic mass is 35.5. The molecule has 2 rings (SSSR count). The molecule has 0 aliphatic carbocycles. The van der Waals surface area contributed by atoms with Crippen molar-refractivity contribution in [2.24, 2.45) is 0 Å². The van der Waals surface area contributed by atoms with Crippen LogP contribution in [0.3, 0.4) is 0 Å². The van der Waals surface area contributed by atoms with E-state index in [0.717, 1.165) is 25.1 Å². The molecule has 0 aliphatic rings. The number of nitrogens with zero attached hydrogens (tertiary/aromatic N) is 1. The average molecular weight is 271 g/mol. The fraction of sp³-hybridized carbons (Fsp3) is 0.188. The summed E-state index contributed by atoms with van der Waals surface area (Å²) in [6.07, 6.45) is 2.06. The van der Waals surface area contributed by atoms with Gasteiger partial charge in [-0.1, -0.05) is 41.9 Å². The van der Waals surface area contributed by atoms with Gasteiger partial charge in [0, 0.05) is 11.6 Å². The number of anilines is 1. The standard InChI is InChI=1S/C16H15ClN2/c17-15-8-9-16(14(11-15)12-18)19-10-4-7-13-5-2-1-3-6-13/h1-3,5-6,8-9,11,19H,4,7,10H2. The van der Waals surface area contributed by atoms with Gasteiger partial charge in [0.25, 0.3) is 0 Å². The normalized spacial score (nSPS) is 9.89. The molecule has 0 radical (unpaired) electrons. The van der Waals surface area contributed by atoms with Crippen LogP contribution in [0.4, 0.5) is 5.69 Å². The summed E-state index contributed by atoms with van der Waals surface area (Å²) in [6, 6.07) is 17.9. The molecule has 0 heterocycles. The SMILES string of the molecule is N#Cc1cc(Cl)ccc1NCCCc1ccccc1. The van der Waals surface area contributed by atoms with Gasteiger partial charge in [-0.05, 0) is 36.6 Å². The fourth-order valence-electron chi connectivity index (χ4n) is 1.92. The summed E-state index contributed by atoms with van der Waals surface area (Å²) in [5, 5.41) is 12.9. The number of aryl methyl sites for hydroxylation is 1. The van der Waals surface area contributed by atoms with Crippen LogP contribution in [0.1, 0.15) is 17.5 Å². The molecule has 96 valence electrons. The van der Waals surface area contributed by atoms with Gasteiger partial charge in [0.15, 0.2) is 0 Å². The van der Waals surface area contributed by atoms with Crippen molar-refractivity contribution in [3.63, 3.8) is 0 Å². The first kappa shape index (κ1) is 13.5. The summed E-state index contributed by atoms with van der Waals surface area (Å²) in [6.45, 7) is 0.838. The summed E-state index contributed by atoms with van der Waals surface area (Å²) in [5.41, 5.74) is 2.77. The van der Waals surface area contributed by atoms with E-state index in [1.54, 1.807) is 12.1 Å². The van der Waals surface area contributed by atoms with Gasteiger partial charge in [-0.25, -0.2) is 0 Å². The highest BCUT2D eigenvalue weighted by Crippen LogP contribution is 2.19. The van der Waals surface area contributed by atoms with Gasteiger partial charge in [0.2, 0.25) is 0 Å². The van der Waals surface area contributed by atoms with Crippen molar-refractivity contribution in [3.8, 4) is 6.07 Å². The molecule has 2 nitrogen and oxygen atoms in total. The molecule has 0 aromatic heterocycles. The van der Waals surface area contributed by atoms with Crippen molar-refractivity contribution in [2.45, 2.75) is 12.8 Å². The number of hydrogen-bond donors (Lipinski definition) is 1. The molecule has 0 amide bonds. The number of nitriles is 1. The van der Waals surface area contributed by atoms with E-state index in [4.69, 9.17) is 16.9 Å². The Morgan fingerprint density at radius 2 is 1.89 bits per heavy atom. The summed E-state index contributed by atoms with van der Waals surface area (Å²) >= 11 is 5.86. The second-order valence-electron chi connectivity index (χ2n) is 4.32. The first-order valence-corrected chi connectivity index (χ1v) is 6.65. The third kappa shape index (κ3) is 4.01. The molecule has 0 saturated carbocycles. The molecule has 0 fully saturated rings. The predicted octanol–water partition coefficient (Wildman–Crippen LogP) is 4.26.